The summed E-state index contributed by atoms with van der Waals surface area (Å²) in [5.74, 6) is 1.35. The molecule has 0 bridgehead atoms. The van der Waals surface area contributed by atoms with Gasteiger partial charge in [0.05, 0.1) is 18.5 Å². The molecule has 2 atom stereocenters. The van der Waals surface area contributed by atoms with E-state index in [0.29, 0.717) is 25.5 Å². The molecule has 2 heterocycles. The van der Waals surface area contributed by atoms with E-state index in [1.165, 1.54) is 5.56 Å². The van der Waals surface area contributed by atoms with Crippen molar-refractivity contribution in [2.24, 2.45) is 0 Å². The highest BCUT2D eigenvalue weighted by Crippen LogP contribution is 2.34. The molecule has 0 spiro atoms. The summed E-state index contributed by atoms with van der Waals surface area (Å²) < 4.78 is 11.2. The molecule has 1 N–H and O–H groups in total. The van der Waals surface area contributed by atoms with Crippen molar-refractivity contribution in [3.63, 3.8) is 0 Å². The number of amides is 2. The van der Waals surface area contributed by atoms with Gasteiger partial charge in [0.25, 0.3) is 0 Å². The zero-order valence-corrected chi connectivity index (χ0v) is 16.8. The molecule has 29 heavy (non-hydrogen) atoms. The molecule has 2 aliphatic rings. The van der Waals surface area contributed by atoms with Crippen molar-refractivity contribution in [2.45, 2.75) is 38.8 Å². The van der Waals surface area contributed by atoms with Crippen molar-refractivity contribution in [2.75, 3.05) is 19.8 Å². The van der Waals surface area contributed by atoms with Crippen molar-refractivity contribution in [1.82, 2.24) is 10.2 Å². The zero-order chi connectivity index (χ0) is 20.4. The fourth-order valence-corrected chi connectivity index (χ4v) is 4.14. The van der Waals surface area contributed by atoms with Gasteiger partial charge < -0.3 is 19.7 Å². The molecule has 152 valence electrons. The first-order chi connectivity index (χ1) is 14.0. The van der Waals surface area contributed by atoms with E-state index in [2.05, 4.69) is 11.4 Å². The van der Waals surface area contributed by atoms with E-state index < -0.39 is 0 Å². The summed E-state index contributed by atoms with van der Waals surface area (Å²) in [5, 5.41) is 3.07. The van der Waals surface area contributed by atoms with Crippen LogP contribution in [0.1, 0.15) is 49.0 Å². The van der Waals surface area contributed by atoms with Gasteiger partial charge in [0.1, 0.15) is 13.2 Å². The number of fused-ring (bicyclic) bond motifs is 2. The molecule has 0 fully saturated rings. The maximum atomic E-state index is 12.9. The molecule has 2 aliphatic heterocycles. The van der Waals surface area contributed by atoms with Crippen molar-refractivity contribution >= 4 is 11.8 Å². The Hall–Kier alpha value is -3.02. The predicted octanol–water partition coefficient (Wildman–Crippen LogP) is 3.17. The molecular weight excluding hydrogens is 368 g/mol. The highest BCUT2D eigenvalue weighted by atomic mass is 16.6. The normalized spacial score (nSPS) is 18.6. The molecule has 6 heteroatoms. The Labute approximate surface area is 170 Å². The third-order valence-electron chi connectivity index (χ3n) is 5.64. The quantitative estimate of drug-likeness (QED) is 0.865. The van der Waals surface area contributed by atoms with Crippen LogP contribution in [-0.2, 0) is 16.0 Å². The number of hydrogen-bond donors (Lipinski definition) is 1. The molecular formula is C23H26N2O4. The topological polar surface area (TPSA) is 67.9 Å². The standard InChI is InChI=1S/C23H26N2O4/c1-15(18-7-8-21-22(13-18)29-12-11-28-21)24-23(27)14-20-19-6-4-3-5-17(19)9-10-25(20)16(2)26/h3-8,13,15,20H,9-12,14H2,1-2H3,(H,24,27). The Bertz CT molecular complexity index is 927. The molecule has 0 aliphatic carbocycles. The van der Waals surface area contributed by atoms with Crippen LogP contribution in [0, 0.1) is 0 Å². The Balaban J connectivity index is 1.47. The lowest BCUT2D eigenvalue weighted by molar-refractivity contribution is -0.133. The number of hydrogen-bond acceptors (Lipinski definition) is 4. The van der Waals surface area contributed by atoms with Gasteiger partial charge in [0.15, 0.2) is 11.5 Å². The van der Waals surface area contributed by atoms with Gasteiger partial charge in [-0.2, -0.15) is 0 Å². The van der Waals surface area contributed by atoms with Gasteiger partial charge >= 0.3 is 0 Å². The van der Waals surface area contributed by atoms with Crippen molar-refractivity contribution in [3.8, 4) is 11.5 Å². The van der Waals surface area contributed by atoms with E-state index in [9.17, 15) is 9.59 Å². The van der Waals surface area contributed by atoms with E-state index in [-0.39, 0.29) is 30.3 Å². The second-order valence-corrected chi connectivity index (χ2v) is 7.57. The second-order valence-electron chi connectivity index (χ2n) is 7.57. The number of nitrogens with one attached hydrogen (secondary N) is 1. The molecule has 2 amide bonds. The smallest absolute Gasteiger partial charge is 0.222 e. The molecule has 2 unspecified atom stereocenters. The van der Waals surface area contributed by atoms with Crippen molar-refractivity contribution < 1.29 is 19.1 Å². The van der Waals surface area contributed by atoms with Crippen molar-refractivity contribution in [1.29, 1.82) is 0 Å². The fourth-order valence-electron chi connectivity index (χ4n) is 4.14. The highest BCUT2D eigenvalue weighted by molar-refractivity contribution is 5.80. The SMILES string of the molecule is CC(=O)N1CCc2ccccc2C1CC(=O)NC(C)c1ccc2c(c1)OCCO2. The van der Waals surface area contributed by atoms with Crippen LogP contribution < -0.4 is 14.8 Å². The molecule has 2 aromatic carbocycles. The van der Waals surface area contributed by atoms with Crippen LogP contribution in [0.4, 0.5) is 0 Å². The largest absolute Gasteiger partial charge is 0.486 e. The number of carbonyl (C=O) groups is 2. The van der Waals surface area contributed by atoms with Gasteiger partial charge in [-0.3, -0.25) is 9.59 Å². The average molecular weight is 394 g/mol. The van der Waals surface area contributed by atoms with Crippen LogP contribution in [0.3, 0.4) is 0 Å². The third kappa shape index (κ3) is 4.06. The summed E-state index contributed by atoms with van der Waals surface area (Å²) in [6, 6.07) is 13.4. The molecule has 0 saturated heterocycles. The molecule has 0 radical (unpaired) electrons. The van der Waals surface area contributed by atoms with Gasteiger partial charge in [-0.1, -0.05) is 30.3 Å². The fraction of sp³-hybridized carbons (Fsp3) is 0.391. The molecule has 2 aromatic rings. The minimum Gasteiger partial charge on any atom is -0.486 e. The summed E-state index contributed by atoms with van der Waals surface area (Å²) >= 11 is 0. The highest BCUT2D eigenvalue weighted by Gasteiger charge is 2.31. The van der Waals surface area contributed by atoms with Crippen LogP contribution in [0.25, 0.3) is 0 Å². The van der Waals surface area contributed by atoms with E-state index >= 15 is 0 Å². The summed E-state index contributed by atoms with van der Waals surface area (Å²) in [6.45, 7) is 5.23. The number of rotatable bonds is 4. The van der Waals surface area contributed by atoms with Crippen LogP contribution in [0.5, 0.6) is 11.5 Å². The first kappa shape index (κ1) is 19.3. The first-order valence-corrected chi connectivity index (χ1v) is 10.1. The number of benzene rings is 2. The summed E-state index contributed by atoms with van der Waals surface area (Å²) in [4.78, 5) is 26.8. The summed E-state index contributed by atoms with van der Waals surface area (Å²) in [6.07, 6.45) is 1.06. The lowest BCUT2D eigenvalue weighted by atomic mass is 9.90. The molecule has 0 saturated carbocycles. The van der Waals surface area contributed by atoms with E-state index in [1.54, 1.807) is 11.8 Å². The lowest BCUT2D eigenvalue weighted by Crippen LogP contribution is -2.41. The van der Waals surface area contributed by atoms with Crippen molar-refractivity contribution in [3.05, 3.63) is 59.2 Å². The molecule has 0 aromatic heterocycles. The number of ether oxygens (including phenoxy) is 2. The second kappa shape index (κ2) is 8.15. The van der Waals surface area contributed by atoms with E-state index in [1.807, 2.05) is 43.3 Å². The Morgan fingerprint density at radius 3 is 2.69 bits per heavy atom. The molecule has 4 rings (SSSR count). The summed E-state index contributed by atoms with van der Waals surface area (Å²) in [7, 11) is 0. The molecule has 6 nitrogen and oxygen atoms in total. The lowest BCUT2D eigenvalue weighted by Gasteiger charge is -2.36. The van der Waals surface area contributed by atoms with Gasteiger partial charge in [0.2, 0.25) is 11.8 Å². The van der Waals surface area contributed by atoms with Gasteiger partial charge in [-0.15, -0.1) is 0 Å². The van der Waals surface area contributed by atoms with E-state index in [0.717, 1.165) is 23.3 Å². The average Bonchev–Trinajstić information content (AvgIpc) is 2.73. The van der Waals surface area contributed by atoms with Crippen LogP contribution >= 0.6 is 0 Å². The van der Waals surface area contributed by atoms with Gasteiger partial charge in [0, 0.05) is 13.5 Å². The Kier molecular flexibility index (Phi) is 5.43. The minimum absolute atomic E-state index is 0.00260. The maximum Gasteiger partial charge on any atom is 0.222 e. The first-order valence-electron chi connectivity index (χ1n) is 10.1. The number of carbonyl (C=O) groups excluding carboxylic acids is 2. The van der Waals surface area contributed by atoms with Gasteiger partial charge in [-0.05, 0) is 42.2 Å². The Morgan fingerprint density at radius 2 is 1.90 bits per heavy atom. The van der Waals surface area contributed by atoms with Crippen LogP contribution in [0.2, 0.25) is 0 Å². The third-order valence-corrected chi connectivity index (χ3v) is 5.64. The van der Waals surface area contributed by atoms with Crippen LogP contribution in [0.15, 0.2) is 42.5 Å². The van der Waals surface area contributed by atoms with E-state index in [4.69, 9.17) is 9.47 Å². The maximum absolute atomic E-state index is 12.9. The minimum atomic E-state index is -0.232. The van der Waals surface area contributed by atoms with Crippen LogP contribution in [-0.4, -0.2) is 36.5 Å². The zero-order valence-electron chi connectivity index (χ0n) is 16.8. The van der Waals surface area contributed by atoms with Gasteiger partial charge in [-0.25, -0.2) is 0 Å². The predicted molar refractivity (Wildman–Crippen MR) is 109 cm³/mol. The number of nitrogens with zero attached hydrogens (tertiary/aromatic N) is 1. The summed E-state index contributed by atoms with van der Waals surface area (Å²) in [5.41, 5.74) is 3.23. The Morgan fingerprint density at radius 1 is 1.14 bits per heavy atom. The monoisotopic (exact) mass is 394 g/mol.